The van der Waals surface area contributed by atoms with Gasteiger partial charge in [0.05, 0.1) is 23.3 Å². The molecular formula is C12H16N4OS. The predicted octanol–water partition coefficient (Wildman–Crippen LogP) is 1.12. The molecule has 2 heterocycles. The van der Waals surface area contributed by atoms with Crippen LogP contribution in [0.1, 0.15) is 22.3 Å². The van der Waals surface area contributed by atoms with Crippen LogP contribution in [0.15, 0.2) is 5.51 Å². The molecule has 1 unspecified atom stereocenters. The van der Waals surface area contributed by atoms with Gasteiger partial charge in [-0.1, -0.05) is 0 Å². The van der Waals surface area contributed by atoms with Crippen LogP contribution in [-0.2, 0) is 0 Å². The minimum Gasteiger partial charge on any atom is -0.335 e. The Hall–Kier alpha value is -1.45. The first-order valence-corrected chi connectivity index (χ1v) is 6.84. The summed E-state index contributed by atoms with van der Waals surface area (Å²) in [6, 6.07) is 2.15. The van der Waals surface area contributed by atoms with Crippen molar-refractivity contribution in [2.24, 2.45) is 0 Å². The smallest absolute Gasteiger partial charge is 0.265 e. The molecule has 0 bridgehead atoms. The maximum Gasteiger partial charge on any atom is 0.265 e. The first-order chi connectivity index (χ1) is 8.63. The van der Waals surface area contributed by atoms with Gasteiger partial charge in [-0.2, -0.15) is 5.26 Å². The second kappa shape index (κ2) is 5.46. The Morgan fingerprint density at radius 1 is 1.50 bits per heavy atom. The van der Waals surface area contributed by atoms with E-state index in [1.807, 2.05) is 18.7 Å². The standard InChI is InChI=1S/C12H16N4OS/c1-9(7-13)15-3-5-16(6-4-15)12(17)11-10(2)14-8-18-11/h8-9H,3-6H2,1-2H3. The van der Waals surface area contributed by atoms with Crippen LogP contribution >= 0.6 is 11.3 Å². The number of aromatic nitrogens is 1. The van der Waals surface area contributed by atoms with Crippen LogP contribution in [0, 0.1) is 18.3 Å². The topological polar surface area (TPSA) is 60.2 Å². The van der Waals surface area contributed by atoms with Crippen molar-refractivity contribution in [3.8, 4) is 6.07 Å². The summed E-state index contributed by atoms with van der Waals surface area (Å²) in [5.74, 6) is 0.0688. The third kappa shape index (κ3) is 2.52. The molecule has 1 aliphatic rings. The van der Waals surface area contributed by atoms with Crippen molar-refractivity contribution in [2.75, 3.05) is 26.2 Å². The number of rotatable bonds is 2. The molecule has 1 fully saturated rings. The van der Waals surface area contributed by atoms with E-state index in [-0.39, 0.29) is 11.9 Å². The summed E-state index contributed by atoms with van der Waals surface area (Å²) < 4.78 is 0. The molecule has 1 atom stereocenters. The number of piperazine rings is 1. The number of nitriles is 1. The van der Waals surface area contributed by atoms with Crippen molar-refractivity contribution in [1.82, 2.24) is 14.8 Å². The Morgan fingerprint density at radius 3 is 2.67 bits per heavy atom. The second-order valence-electron chi connectivity index (χ2n) is 4.40. The number of hydrogen-bond donors (Lipinski definition) is 0. The maximum absolute atomic E-state index is 12.2. The third-order valence-corrected chi connectivity index (χ3v) is 4.19. The van der Waals surface area contributed by atoms with Crippen LogP contribution in [0.2, 0.25) is 0 Å². The molecule has 0 saturated carbocycles. The summed E-state index contributed by atoms with van der Waals surface area (Å²) in [7, 11) is 0. The third-order valence-electron chi connectivity index (χ3n) is 3.28. The van der Waals surface area contributed by atoms with E-state index in [4.69, 9.17) is 5.26 Å². The average Bonchev–Trinajstić information content (AvgIpc) is 2.83. The van der Waals surface area contributed by atoms with Crippen molar-refractivity contribution >= 4 is 17.2 Å². The van der Waals surface area contributed by atoms with Gasteiger partial charge in [-0.15, -0.1) is 11.3 Å². The van der Waals surface area contributed by atoms with Gasteiger partial charge in [0.25, 0.3) is 5.91 Å². The molecule has 1 saturated heterocycles. The highest BCUT2D eigenvalue weighted by Gasteiger charge is 2.26. The largest absolute Gasteiger partial charge is 0.335 e. The minimum absolute atomic E-state index is 0.0688. The number of hydrogen-bond acceptors (Lipinski definition) is 5. The molecule has 6 heteroatoms. The molecule has 1 amide bonds. The molecule has 5 nitrogen and oxygen atoms in total. The van der Waals surface area contributed by atoms with Crippen LogP contribution in [-0.4, -0.2) is 52.9 Å². The molecule has 18 heavy (non-hydrogen) atoms. The van der Waals surface area contributed by atoms with Gasteiger partial charge in [-0.3, -0.25) is 9.69 Å². The van der Waals surface area contributed by atoms with Crippen molar-refractivity contribution < 1.29 is 4.79 Å². The van der Waals surface area contributed by atoms with E-state index in [2.05, 4.69) is 16.0 Å². The zero-order valence-electron chi connectivity index (χ0n) is 10.6. The second-order valence-corrected chi connectivity index (χ2v) is 5.25. The van der Waals surface area contributed by atoms with Gasteiger partial charge < -0.3 is 4.90 Å². The lowest BCUT2D eigenvalue weighted by atomic mass is 10.2. The Bertz CT molecular complexity index is 471. The zero-order chi connectivity index (χ0) is 13.1. The molecule has 0 radical (unpaired) electrons. The summed E-state index contributed by atoms with van der Waals surface area (Å²) in [6.07, 6.45) is 0. The normalized spacial score (nSPS) is 18.4. The summed E-state index contributed by atoms with van der Waals surface area (Å²) in [5, 5.41) is 8.87. The average molecular weight is 264 g/mol. The van der Waals surface area contributed by atoms with E-state index in [1.165, 1.54) is 11.3 Å². The summed E-state index contributed by atoms with van der Waals surface area (Å²) >= 11 is 1.39. The van der Waals surface area contributed by atoms with Crippen LogP contribution < -0.4 is 0 Å². The Labute approximate surface area is 111 Å². The Morgan fingerprint density at radius 2 is 2.17 bits per heavy atom. The lowest BCUT2D eigenvalue weighted by Crippen LogP contribution is -2.51. The van der Waals surface area contributed by atoms with E-state index < -0.39 is 0 Å². The number of carbonyl (C=O) groups excluding carboxylic acids is 1. The number of amides is 1. The molecule has 1 aromatic heterocycles. The van der Waals surface area contributed by atoms with Crippen molar-refractivity contribution in [3.63, 3.8) is 0 Å². The van der Waals surface area contributed by atoms with E-state index >= 15 is 0 Å². The first-order valence-electron chi connectivity index (χ1n) is 5.96. The molecule has 1 aromatic rings. The summed E-state index contributed by atoms with van der Waals surface area (Å²) in [5.41, 5.74) is 2.51. The molecule has 0 aliphatic carbocycles. The van der Waals surface area contributed by atoms with E-state index in [0.29, 0.717) is 13.1 Å². The van der Waals surface area contributed by atoms with Crippen molar-refractivity contribution in [3.05, 3.63) is 16.1 Å². The van der Waals surface area contributed by atoms with Crippen molar-refractivity contribution in [2.45, 2.75) is 19.9 Å². The zero-order valence-corrected chi connectivity index (χ0v) is 11.4. The Balaban J connectivity index is 1.97. The van der Waals surface area contributed by atoms with E-state index in [1.54, 1.807) is 5.51 Å². The number of aryl methyl sites for hydroxylation is 1. The highest BCUT2D eigenvalue weighted by atomic mass is 32.1. The molecule has 0 aromatic carbocycles. The number of carbonyl (C=O) groups is 1. The van der Waals surface area contributed by atoms with Gasteiger partial charge in [-0.05, 0) is 13.8 Å². The molecular weight excluding hydrogens is 248 g/mol. The Kier molecular flexibility index (Phi) is 3.94. The number of thiazole rings is 1. The van der Waals surface area contributed by atoms with E-state index in [0.717, 1.165) is 23.7 Å². The summed E-state index contributed by atoms with van der Waals surface area (Å²) in [6.45, 7) is 6.64. The quantitative estimate of drug-likeness (QED) is 0.803. The molecule has 2 rings (SSSR count). The van der Waals surface area contributed by atoms with Crippen LogP contribution in [0.4, 0.5) is 0 Å². The summed E-state index contributed by atoms with van der Waals surface area (Å²) in [4.78, 5) is 21.0. The van der Waals surface area contributed by atoms with Gasteiger partial charge in [0.2, 0.25) is 0 Å². The highest BCUT2D eigenvalue weighted by Crippen LogP contribution is 2.16. The van der Waals surface area contributed by atoms with Gasteiger partial charge in [0.15, 0.2) is 0 Å². The van der Waals surface area contributed by atoms with E-state index in [9.17, 15) is 4.79 Å². The highest BCUT2D eigenvalue weighted by molar-refractivity contribution is 7.11. The van der Waals surface area contributed by atoms with Crippen LogP contribution in [0.5, 0.6) is 0 Å². The SMILES string of the molecule is Cc1ncsc1C(=O)N1CCN(C(C)C#N)CC1. The minimum atomic E-state index is -0.0765. The number of nitrogens with zero attached hydrogens (tertiary/aromatic N) is 4. The van der Waals surface area contributed by atoms with Crippen molar-refractivity contribution in [1.29, 1.82) is 5.26 Å². The molecule has 96 valence electrons. The molecule has 0 spiro atoms. The van der Waals surface area contributed by atoms with Crippen LogP contribution in [0.3, 0.4) is 0 Å². The first kappa shape index (κ1) is 13.0. The molecule has 1 aliphatic heterocycles. The molecule has 0 N–H and O–H groups in total. The monoisotopic (exact) mass is 264 g/mol. The maximum atomic E-state index is 12.2. The van der Waals surface area contributed by atoms with Crippen LogP contribution in [0.25, 0.3) is 0 Å². The van der Waals surface area contributed by atoms with Gasteiger partial charge in [0.1, 0.15) is 4.88 Å². The lowest BCUT2D eigenvalue weighted by molar-refractivity contribution is 0.0619. The van der Waals surface area contributed by atoms with Gasteiger partial charge in [0, 0.05) is 26.2 Å². The van der Waals surface area contributed by atoms with Gasteiger partial charge >= 0.3 is 0 Å². The fourth-order valence-corrected chi connectivity index (χ4v) is 2.81. The fourth-order valence-electron chi connectivity index (χ4n) is 2.04. The predicted molar refractivity (Wildman–Crippen MR) is 69.4 cm³/mol. The fraction of sp³-hybridized carbons (Fsp3) is 0.583. The lowest BCUT2D eigenvalue weighted by Gasteiger charge is -2.35. The van der Waals surface area contributed by atoms with Gasteiger partial charge in [-0.25, -0.2) is 4.98 Å².